The lowest BCUT2D eigenvalue weighted by Gasteiger charge is -2.33. The highest BCUT2D eigenvalue weighted by Crippen LogP contribution is 2.38. The topological polar surface area (TPSA) is 71.0 Å². The number of nitrogens with one attached hydrogen (secondary N) is 2. The van der Waals surface area contributed by atoms with Crippen LogP contribution in [0.1, 0.15) is 16.7 Å². The van der Waals surface area contributed by atoms with E-state index < -0.39 is 0 Å². The Labute approximate surface area is 189 Å². The molecule has 2 aliphatic heterocycles. The number of rotatable bonds is 6. The maximum Gasteiger partial charge on any atom is 0.258 e. The predicted octanol–water partition coefficient (Wildman–Crippen LogP) is 1.44. The molecule has 1 aromatic heterocycles. The molecule has 0 atom stereocenters. The lowest BCUT2D eigenvalue weighted by atomic mass is 9.94. The van der Waals surface area contributed by atoms with Crippen LogP contribution in [-0.4, -0.2) is 68.9 Å². The number of piperazine rings is 1. The van der Waals surface area contributed by atoms with E-state index in [4.69, 9.17) is 9.47 Å². The highest BCUT2D eigenvalue weighted by Gasteiger charge is 2.23. The first kappa shape index (κ1) is 22.2. The summed E-state index contributed by atoms with van der Waals surface area (Å²) in [6, 6.07) is 4.12. The number of fused-ring (bicyclic) bond motifs is 1. The van der Waals surface area contributed by atoms with Gasteiger partial charge < -0.3 is 29.6 Å². The Kier molecular flexibility index (Phi) is 6.43. The molecule has 4 rings (SSSR count). The summed E-state index contributed by atoms with van der Waals surface area (Å²) in [7, 11) is 9.19. The third-order valence-electron chi connectivity index (χ3n) is 6.43. The number of likely N-dealkylation sites (N-methyl/N-ethyl adjacent to an activating group) is 1. The highest BCUT2D eigenvalue weighted by molar-refractivity contribution is 5.76. The zero-order valence-corrected chi connectivity index (χ0v) is 19.6. The normalized spacial score (nSPS) is 16.7. The molecule has 0 unspecified atom stereocenters. The van der Waals surface area contributed by atoms with E-state index >= 15 is 0 Å². The molecule has 2 N–H and O–H groups in total. The summed E-state index contributed by atoms with van der Waals surface area (Å²) in [5.41, 5.74) is 4.68. The van der Waals surface area contributed by atoms with Gasteiger partial charge in [0.2, 0.25) is 0 Å². The van der Waals surface area contributed by atoms with Crippen LogP contribution in [0.5, 0.6) is 11.5 Å². The Balaban J connectivity index is 1.78. The van der Waals surface area contributed by atoms with E-state index in [0.29, 0.717) is 12.1 Å². The number of methoxy groups -OCH3 is 2. The molecule has 0 amide bonds. The molecular weight excluding hydrogens is 406 g/mol. The lowest BCUT2D eigenvalue weighted by Crippen LogP contribution is -2.43. The maximum absolute atomic E-state index is 12.8. The van der Waals surface area contributed by atoms with E-state index in [1.807, 2.05) is 19.3 Å². The van der Waals surface area contributed by atoms with Crippen molar-refractivity contribution in [2.75, 3.05) is 54.5 Å². The summed E-state index contributed by atoms with van der Waals surface area (Å²) in [4.78, 5) is 17.6. The van der Waals surface area contributed by atoms with E-state index in [1.54, 1.807) is 25.8 Å². The fourth-order valence-electron chi connectivity index (χ4n) is 4.45. The molecule has 1 aromatic carbocycles. The Bertz CT molecular complexity index is 1060. The molecule has 0 radical (unpaired) electrons. The average Bonchev–Trinajstić information content (AvgIpc) is 2.82. The Morgan fingerprint density at radius 2 is 1.72 bits per heavy atom. The molecule has 2 aliphatic rings. The zero-order valence-electron chi connectivity index (χ0n) is 19.6. The minimum absolute atomic E-state index is 0.0105. The van der Waals surface area contributed by atoms with E-state index in [1.165, 1.54) is 0 Å². The van der Waals surface area contributed by atoms with E-state index in [0.717, 1.165) is 72.3 Å². The van der Waals surface area contributed by atoms with Crippen LogP contribution in [0.3, 0.4) is 0 Å². The molecule has 8 heteroatoms. The summed E-state index contributed by atoms with van der Waals surface area (Å²) < 4.78 is 13.3. The number of aromatic nitrogens is 1. The number of hydrogen-bond acceptors (Lipinski definition) is 7. The van der Waals surface area contributed by atoms with Crippen LogP contribution < -0.4 is 25.7 Å². The number of aryl methyl sites for hydroxylation is 1. The second kappa shape index (κ2) is 9.26. The van der Waals surface area contributed by atoms with E-state index in [9.17, 15) is 4.79 Å². The smallest absolute Gasteiger partial charge is 0.258 e. The van der Waals surface area contributed by atoms with Crippen LogP contribution in [0.25, 0.3) is 17.2 Å². The molecule has 32 heavy (non-hydrogen) atoms. The molecule has 0 spiro atoms. The minimum Gasteiger partial charge on any atom is -0.496 e. The van der Waals surface area contributed by atoms with Gasteiger partial charge in [-0.2, -0.15) is 0 Å². The van der Waals surface area contributed by atoms with Gasteiger partial charge in [-0.15, -0.1) is 0 Å². The fourth-order valence-corrected chi connectivity index (χ4v) is 4.45. The van der Waals surface area contributed by atoms with Gasteiger partial charge in [-0.25, -0.2) is 0 Å². The van der Waals surface area contributed by atoms with Gasteiger partial charge in [0, 0.05) is 70.7 Å². The monoisotopic (exact) mass is 439 g/mol. The van der Waals surface area contributed by atoms with Crippen molar-refractivity contribution in [2.45, 2.75) is 13.1 Å². The number of nitrogens with zero attached hydrogens (tertiary/aromatic N) is 3. The van der Waals surface area contributed by atoms with Crippen LogP contribution in [0.2, 0.25) is 0 Å². The molecule has 3 heterocycles. The third-order valence-corrected chi connectivity index (χ3v) is 6.43. The average molecular weight is 440 g/mol. The van der Waals surface area contributed by atoms with Gasteiger partial charge in [0.25, 0.3) is 5.56 Å². The minimum atomic E-state index is -0.0105. The summed E-state index contributed by atoms with van der Waals surface area (Å²) in [5.74, 6) is 2.44. The number of benzene rings is 1. The van der Waals surface area contributed by atoms with Gasteiger partial charge in [0.05, 0.1) is 25.6 Å². The molecule has 2 aromatic rings. The van der Waals surface area contributed by atoms with Gasteiger partial charge in [0.1, 0.15) is 11.5 Å². The fraction of sp³-hybridized carbons (Fsp3) is 0.458. The number of ether oxygens (including phenoxy) is 2. The van der Waals surface area contributed by atoms with Crippen LogP contribution >= 0.6 is 0 Å². The van der Waals surface area contributed by atoms with Crippen LogP contribution in [0.4, 0.5) is 0 Å². The Morgan fingerprint density at radius 1 is 1.06 bits per heavy atom. The summed E-state index contributed by atoms with van der Waals surface area (Å²) in [6.45, 7) is 5.50. The largest absolute Gasteiger partial charge is 0.496 e. The van der Waals surface area contributed by atoms with Crippen molar-refractivity contribution in [2.24, 2.45) is 7.05 Å². The van der Waals surface area contributed by atoms with Crippen molar-refractivity contribution in [3.8, 4) is 22.6 Å². The Hall–Kier alpha value is -2.97. The third kappa shape index (κ3) is 4.20. The van der Waals surface area contributed by atoms with Crippen molar-refractivity contribution in [3.05, 3.63) is 51.2 Å². The van der Waals surface area contributed by atoms with Crippen LogP contribution in [0, 0.1) is 0 Å². The van der Waals surface area contributed by atoms with Crippen molar-refractivity contribution in [1.82, 2.24) is 25.0 Å². The molecule has 0 bridgehead atoms. The predicted molar refractivity (Wildman–Crippen MR) is 127 cm³/mol. The molecule has 0 saturated carbocycles. The maximum atomic E-state index is 12.8. The number of hydrogen-bond donors (Lipinski definition) is 2. The molecule has 8 nitrogen and oxygen atoms in total. The first-order valence-corrected chi connectivity index (χ1v) is 11.0. The summed E-state index contributed by atoms with van der Waals surface area (Å²) >= 11 is 0. The van der Waals surface area contributed by atoms with Crippen molar-refractivity contribution in [1.29, 1.82) is 0 Å². The van der Waals surface area contributed by atoms with Crippen molar-refractivity contribution in [3.63, 3.8) is 0 Å². The highest BCUT2D eigenvalue weighted by atomic mass is 16.5. The van der Waals surface area contributed by atoms with Crippen LogP contribution in [-0.2, 0) is 20.1 Å². The quantitative estimate of drug-likeness (QED) is 0.706. The van der Waals surface area contributed by atoms with Crippen LogP contribution in [0.15, 0.2) is 28.9 Å². The van der Waals surface area contributed by atoms with Gasteiger partial charge in [-0.1, -0.05) is 0 Å². The van der Waals surface area contributed by atoms with Gasteiger partial charge >= 0.3 is 0 Å². The molecular formula is C24H33N5O3. The molecule has 1 fully saturated rings. The van der Waals surface area contributed by atoms with Gasteiger partial charge in [-0.3, -0.25) is 9.69 Å². The van der Waals surface area contributed by atoms with E-state index in [-0.39, 0.29) is 5.56 Å². The second-order valence-corrected chi connectivity index (χ2v) is 8.45. The summed E-state index contributed by atoms with van der Waals surface area (Å²) in [6.07, 6.45) is 3.77. The molecule has 1 saturated heterocycles. The molecule has 172 valence electrons. The van der Waals surface area contributed by atoms with Gasteiger partial charge in [0.15, 0.2) is 0 Å². The lowest BCUT2D eigenvalue weighted by molar-refractivity contribution is 0.146. The van der Waals surface area contributed by atoms with E-state index in [2.05, 4.69) is 39.6 Å². The van der Waals surface area contributed by atoms with Crippen molar-refractivity contribution >= 4 is 6.08 Å². The van der Waals surface area contributed by atoms with Gasteiger partial charge in [-0.05, 0) is 36.4 Å². The summed E-state index contributed by atoms with van der Waals surface area (Å²) in [5, 5.41) is 6.43. The van der Waals surface area contributed by atoms with Crippen molar-refractivity contribution < 1.29 is 9.47 Å². The SMILES string of the molecule is CNC1=Cc2c(c(-c3cc(OC)c(CN4CCN(C)CC4)c(OC)c3)cn(C)c2=O)CN1. The zero-order chi connectivity index (χ0) is 22.8. The number of pyridine rings is 1. The second-order valence-electron chi connectivity index (χ2n) is 8.45. The standard InChI is InChI=1S/C24H33N5O3/c1-25-23-12-17-18(13-26-23)19(14-28(3)24(17)30)16-10-21(31-4)20(22(11-16)32-5)15-29-8-6-27(2)7-9-29/h10-12,14,25-26H,6-9,13,15H2,1-5H3. The first-order valence-electron chi connectivity index (χ1n) is 11.0. The molecule has 0 aliphatic carbocycles. The Morgan fingerprint density at radius 3 is 2.31 bits per heavy atom. The first-order chi connectivity index (χ1) is 15.4.